The van der Waals surface area contributed by atoms with Gasteiger partial charge in [0.25, 0.3) is 5.56 Å². The van der Waals surface area contributed by atoms with E-state index in [4.69, 9.17) is 11.6 Å². The summed E-state index contributed by atoms with van der Waals surface area (Å²) in [6, 6.07) is 17.0. The van der Waals surface area contributed by atoms with Crippen molar-refractivity contribution in [3.63, 3.8) is 0 Å². The molecule has 3 heteroatoms. The van der Waals surface area contributed by atoms with Crippen molar-refractivity contribution in [3.8, 4) is 11.3 Å². The van der Waals surface area contributed by atoms with Crippen molar-refractivity contribution in [2.75, 3.05) is 0 Å². The molecule has 2 aromatic carbocycles. The maximum Gasteiger partial charge on any atom is 0.256 e. The van der Waals surface area contributed by atoms with Gasteiger partial charge in [0.1, 0.15) is 0 Å². The Bertz CT molecular complexity index is 762. The predicted octanol–water partition coefficient (Wildman–Crippen LogP) is 3.85. The minimum Gasteiger partial charge on any atom is -0.321 e. The molecule has 1 heterocycles. The summed E-state index contributed by atoms with van der Waals surface area (Å²) in [6.07, 6.45) is 0. The van der Waals surface area contributed by atoms with E-state index in [0.29, 0.717) is 10.4 Å². The molecule has 0 aliphatic heterocycles. The van der Waals surface area contributed by atoms with Gasteiger partial charge in [0, 0.05) is 16.1 Å². The number of pyridine rings is 1. The Morgan fingerprint density at radius 2 is 1.72 bits per heavy atom. The highest BCUT2D eigenvalue weighted by Crippen LogP contribution is 2.21. The van der Waals surface area contributed by atoms with E-state index in [0.717, 1.165) is 16.6 Å². The van der Waals surface area contributed by atoms with Crippen LogP contribution >= 0.6 is 11.6 Å². The van der Waals surface area contributed by atoms with Gasteiger partial charge in [0.15, 0.2) is 0 Å². The van der Waals surface area contributed by atoms with Crippen molar-refractivity contribution in [3.05, 3.63) is 70.0 Å². The molecule has 2 nitrogen and oxygen atoms in total. The summed E-state index contributed by atoms with van der Waals surface area (Å²) in [5.74, 6) is 0. The number of rotatable bonds is 1. The Balaban J connectivity index is 2.30. The van der Waals surface area contributed by atoms with Crippen LogP contribution in [0.1, 0.15) is 0 Å². The third-order valence-electron chi connectivity index (χ3n) is 2.89. The van der Waals surface area contributed by atoms with E-state index in [9.17, 15) is 4.79 Å². The van der Waals surface area contributed by atoms with Crippen LogP contribution in [-0.4, -0.2) is 4.98 Å². The first-order valence-corrected chi connectivity index (χ1v) is 6.00. The highest BCUT2D eigenvalue weighted by atomic mass is 35.5. The van der Waals surface area contributed by atoms with Gasteiger partial charge in [0.05, 0.1) is 0 Å². The van der Waals surface area contributed by atoms with Crippen molar-refractivity contribution in [2.45, 2.75) is 0 Å². The van der Waals surface area contributed by atoms with Crippen LogP contribution in [0.3, 0.4) is 0 Å². The van der Waals surface area contributed by atoms with E-state index in [2.05, 4.69) is 4.98 Å². The summed E-state index contributed by atoms with van der Waals surface area (Å²) < 4.78 is 0. The number of benzene rings is 2. The maximum atomic E-state index is 12.0. The number of hydrogen-bond donors (Lipinski definition) is 1. The zero-order valence-electron chi connectivity index (χ0n) is 9.48. The second-order valence-corrected chi connectivity index (χ2v) is 4.55. The number of nitrogens with one attached hydrogen (secondary N) is 1. The molecule has 18 heavy (non-hydrogen) atoms. The van der Waals surface area contributed by atoms with Crippen LogP contribution in [0.4, 0.5) is 0 Å². The molecule has 0 saturated heterocycles. The number of hydrogen-bond acceptors (Lipinski definition) is 1. The van der Waals surface area contributed by atoms with Crippen LogP contribution in [-0.2, 0) is 0 Å². The van der Waals surface area contributed by atoms with Gasteiger partial charge in [-0.25, -0.2) is 0 Å². The fourth-order valence-corrected chi connectivity index (χ4v) is 2.19. The van der Waals surface area contributed by atoms with Gasteiger partial charge >= 0.3 is 0 Å². The predicted molar refractivity (Wildman–Crippen MR) is 75.0 cm³/mol. The third kappa shape index (κ3) is 1.91. The number of fused-ring (bicyclic) bond motifs is 1. The van der Waals surface area contributed by atoms with Crippen molar-refractivity contribution >= 4 is 22.4 Å². The van der Waals surface area contributed by atoms with Crippen LogP contribution in [0, 0.1) is 0 Å². The molecule has 1 aromatic heterocycles. The molecule has 3 rings (SSSR count). The monoisotopic (exact) mass is 255 g/mol. The topological polar surface area (TPSA) is 32.9 Å². The molecule has 1 N–H and O–H groups in total. The lowest BCUT2D eigenvalue weighted by molar-refractivity contribution is 1.28. The first-order chi connectivity index (χ1) is 8.74. The number of halogens is 1. The molecule has 0 unspecified atom stereocenters. The molecular formula is C15H10ClNO. The zero-order valence-corrected chi connectivity index (χ0v) is 10.2. The average Bonchev–Trinajstić information content (AvgIpc) is 2.39. The quantitative estimate of drug-likeness (QED) is 0.704. The van der Waals surface area contributed by atoms with E-state index < -0.39 is 0 Å². The molecule has 88 valence electrons. The summed E-state index contributed by atoms with van der Waals surface area (Å²) in [5.41, 5.74) is 1.69. The Morgan fingerprint density at radius 3 is 2.50 bits per heavy atom. The van der Waals surface area contributed by atoms with E-state index in [-0.39, 0.29) is 5.56 Å². The largest absolute Gasteiger partial charge is 0.321 e. The number of aromatic amines is 1. The van der Waals surface area contributed by atoms with E-state index in [1.165, 1.54) is 0 Å². The molecule has 0 bridgehead atoms. The van der Waals surface area contributed by atoms with Crippen molar-refractivity contribution < 1.29 is 0 Å². The lowest BCUT2D eigenvalue weighted by atomic mass is 10.1. The molecule has 0 atom stereocenters. The molecule has 0 aliphatic carbocycles. The lowest BCUT2D eigenvalue weighted by Gasteiger charge is -2.04. The molecule has 0 amide bonds. The fraction of sp³-hybridized carbons (Fsp3) is 0. The summed E-state index contributed by atoms with van der Waals surface area (Å²) in [4.78, 5) is 14.9. The van der Waals surface area contributed by atoms with Gasteiger partial charge in [-0.2, -0.15) is 0 Å². The van der Waals surface area contributed by atoms with Crippen LogP contribution in [0.15, 0.2) is 59.4 Å². The van der Waals surface area contributed by atoms with Crippen LogP contribution < -0.4 is 5.56 Å². The van der Waals surface area contributed by atoms with Gasteiger partial charge in [-0.05, 0) is 35.2 Å². The van der Waals surface area contributed by atoms with Crippen LogP contribution in [0.5, 0.6) is 0 Å². The van der Waals surface area contributed by atoms with E-state index >= 15 is 0 Å². The highest BCUT2D eigenvalue weighted by Gasteiger charge is 2.04. The van der Waals surface area contributed by atoms with Crippen LogP contribution in [0.25, 0.3) is 22.0 Å². The van der Waals surface area contributed by atoms with Crippen LogP contribution in [0.2, 0.25) is 5.02 Å². The zero-order chi connectivity index (χ0) is 12.5. The molecule has 3 aromatic rings. The lowest BCUT2D eigenvalue weighted by Crippen LogP contribution is -2.06. The van der Waals surface area contributed by atoms with Crippen molar-refractivity contribution in [2.24, 2.45) is 0 Å². The fourth-order valence-electron chi connectivity index (χ4n) is 2.01. The second kappa shape index (κ2) is 4.31. The molecule has 0 saturated carbocycles. The Kier molecular flexibility index (Phi) is 2.65. The molecule has 0 fully saturated rings. The molecule has 0 spiro atoms. The Labute approximate surface area is 109 Å². The first-order valence-electron chi connectivity index (χ1n) is 5.62. The normalized spacial score (nSPS) is 10.7. The summed E-state index contributed by atoms with van der Waals surface area (Å²) in [5, 5.41) is 2.14. The van der Waals surface area contributed by atoms with E-state index in [1.54, 1.807) is 18.2 Å². The minimum absolute atomic E-state index is 0.0944. The maximum absolute atomic E-state index is 12.0. The van der Waals surface area contributed by atoms with Gasteiger partial charge in [-0.1, -0.05) is 41.9 Å². The molecule has 0 aliphatic rings. The minimum atomic E-state index is -0.0944. The van der Waals surface area contributed by atoms with Crippen molar-refractivity contribution in [1.29, 1.82) is 0 Å². The van der Waals surface area contributed by atoms with E-state index in [1.807, 2.05) is 36.4 Å². The summed E-state index contributed by atoms with van der Waals surface area (Å²) in [7, 11) is 0. The van der Waals surface area contributed by atoms with Gasteiger partial charge < -0.3 is 4.98 Å². The first kappa shape index (κ1) is 11.1. The standard InChI is InChI=1S/C15H10ClNO/c16-12-6-7-13-11(8-12)9-14(17-15(13)18)10-4-2-1-3-5-10/h1-9H,(H,17,18). The highest BCUT2D eigenvalue weighted by molar-refractivity contribution is 6.31. The average molecular weight is 256 g/mol. The summed E-state index contributed by atoms with van der Waals surface area (Å²) >= 11 is 5.96. The number of H-pyrrole nitrogens is 1. The smallest absolute Gasteiger partial charge is 0.256 e. The third-order valence-corrected chi connectivity index (χ3v) is 3.13. The molecular weight excluding hydrogens is 246 g/mol. The molecule has 0 radical (unpaired) electrons. The Morgan fingerprint density at radius 1 is 0.944 bits per heavy atom. The Hall–Kier alpha value is -2.06. The number of aromatic nitrogens is 1. The van der Waals surface area contributed by atoms with Crippen molar-refractivity contribution in [1.82, 2.24) is 4.98 Å². The SMILES string of the molecule is O=c1[nH]c(-c2ccccc2)cc2cc(Cl)ccc12. The second-order valence-electron chi connectivity index (χ2n) is 4.11. The van der Waals surface area contributed by atoms with Gasteiger partial charge in [-0.15, -0.1) is 0 Å². The van der Waals surface area contributed by atoms with Gasteiger partial charge in [-0.3, -0.25) is 4.79 Å². The van der Waals surface area contributed by atoms with Gasteiger partial charge in [0.2, 0.25) is 0 Å². The summed E-state index contributed by atoms with van der Waals surface area (Å²) in [6.45, 7) is 0.